The van der Waals surface area contributed by atoms with E-state index in [2.05, 4.69) is 21.7 Å². The summed E-state index contributed by atoms with van der Waals surface area (Å²) in [4.78, 5) is 14.6. The van der Waals surface area contributed by atoms with Crippen molar-refractivity contribution in [3.8, 4) is 18.0 Å². The maximum atomic E-state index is 12.7. The molecule has 4 N–H and O–H groups in total. The Bertz CT molecular complexity index is 940. The third-order valence-corrected chi connectivity index (χ3v) is 5.76. The lowest BCUT2D eigenvalue weighted by Gasteiger charge is -2.41. The van der Waals surface area contributed by atoms with Crippen LogP contribution in [0, 0.1) is 18.3 Å². The number of aliphatic hydroxyl groups is 2. The van der Waals surface area contributed by atoms with Crippen LogP contribution in [0.15, 0.2) is 42.7 Å². The summed E-state index contributed by atoms with van der Waals surface area (Å²) in [6, 6.07) is 8.40. The van der Waals surface area contributed by atoms with E-state index in [9.17, 15) is 15.0 Å². The number of thiocarbonyl (C=S) groups is 1. The van der Waals surface area contributed by atoms with Crippen LogP contribution in [-0.2, 0) is 4.79 Å². The van der Waals surface area contributed by atoms with Gasteiger partial charge in [-0.25, -0.2) is 4.68 Å². The molecule has 2 fully saturated rings. The Labute approximate surface area is 173 Å². The summed E-state index contributed by atoms with van der Waals surface area (Å²) >= 11 is 5.51. The molecule has 1 aliphatic carbocycles. The zero-order valence-electron chi connectivity index (χ0n) is 15.5. The second kappa shape index (κ2) is 7.83. The van der Waals surface area contributed by atoms with E-state index in [4.69, 9.17) is 18.6 Å². The van der Waals surface area contributed by atoms with Gasteiger partial charge >= 0.3 is 0 Å². The number of nitrogens with one attached hydrogen (secondary N) is 2. The van der Waals surface area contributed by atoms with Gasteiger partial charge in [-0.1, -0.05) is 5.92 Å². The minimum absolute atomic E-state index is 0.0990. The average Bonchev–Trinajstić information content (AvgIpc) is 3.37. The van der Waals surface area contributed by atoms with Crippen molar-refractivity contribution in [1.29, 1.82) is 0 Å². The van der Waals surface area contributed by atoms with Crippen LogP contribution in [0.5, 0.6) is 0 Å². The molecule has 8 nitrogen and oxygen atoms in total. The van der Waals surface area contributed by atoms with Crippen molar-refractivity contribution in [3.05, 3.63) is 42.7 Å². The molecule has 2 heterocycles. The highest BCUT2D eigenvalue weighted by atomic mass is 32.1. The van der Waals surface area contributed by atoms with Crippen molar-refractivity contribution in [3.63, 3.8) is 0 Å². The second-order valence-electron chi connectivity index (χ2n) is 7.12. The Morgan fingerprint density at radius 2 is 2.07 bits per heavy atom. The molecule has 150 valence electrons. The van der Waals surface area contributed by atoms with Crippen molar-refractivity contribution in [2.45, 2.75) is 30.7 Å². The number of aromatic nitrogens is 2. The van der Waals surface area contributed by atoms with Gasteiger partial charge in [0.05, 0.1) is 36.3 Å². The van der Waals surface area contributed by atoms with Crippen LogP contribution >= 0.6 is 12.2 Å². The van der Waals surface area contributed by atoms with E-state index in [0.29, 0.717) is 5.11 Å². The standard InChI is InChI=1S/C20H21N5O3S/c1-2-8-21-19(28)14-11-15(26)18(27)16-17(14)25(20(29)23-16)13-6-4-12(5-7-13)24-10-3-9-22-24/h1,3-7,9-10,14-18,26-27H,8,11H2,(H,21,28)(H,23,29)/t14-,15-,16-,17-,18+/m1/s1. The molecule has 1 aliphatic heterocycles. The molecule has 0 spiro atoms. The zero-order valence-corrected chi connectivity index (χ0v) is 16.3. The van der Waals surface area contributed by atoms with Gasteiger partial charge in [0.25, 0.3) is 0 Å². The number of fused-ring (bicyclic) bond motifs is 1. The molecule has 0 bridgehead atoms. The molecule has 0 radical (unpaired) electrons. The van der Waals surface area contributed by atoms with Crippen LogP contribution in [0.4, 0.5) is 5.69 Å². The molecular weight excluding hydrogens is 390 g/mol. The number of amides is 1. The highest BCUT2D eigenvalue weighted by Gasteiger charge is 2.53. The third-order valence-electron chi connectivity index (χ3n) is 5.44. The van der Waals surface area contributed by atoms with Gasteiger partial charge in [0.2, 0.25) is 5.91 Å². The first kappa shape index (κ1) is 19.4. The minimum Gasteiger partial charge on any atom is -0.390 e. The maximum Gasteiger partial charge on any atom is 0.226 e. The monoisotopic (exact) mass is 411 g/mol. The second-order valence-corrected chi connectivity index (χ2v) is 7.51. The first-order valence-electron chi connectivity index (χ1n) is 9.28. The molecule has 1 aromatic heterocycles. The lowest BCUT2D eigenvalue weighted by atomic mass is 9.77. The molecule has 2 aromatic rings. The van der Waals surface area contributed by atoms with Crippen LogP contribution in [0.25, 0.3) is 5.69 Å². The summed E-state index contributed by atoms with van der Waals surface area (Å²) in [6.07, 6.45) is 6.84. The van der Waals surface area contributed by atoms with Gasteiger partial charge in [0.1, 0.15) is 6.10 Å². The van der Waals surface area contributed by atoms with E-state index >= 15 is 0 Å². The lowest BCUT2D eigenvalue weighted by Crippen LogP contribution is -2.61. The number of rotatable bonds is 4. The topological polar surface area (TPSA) is 103 Å². The molecule has 9 heteroatoms. The Hall–Kier alpha value is -2.93. The van der Waals surface area contributed by atoms with Crippen LogP contribution in [0.2, 0.25) is 0 Å². The molecule has 0 unspecified atom stereocenters. The lowest BCUT2D eigenvalue weighted by molar-refractivity contribution is -0.130. The smallest absolute Gasteiger partial charge is 0.226 e. The summed E-state index contributed by atoms with van der Waals surface area (Å²) in [5.74, 6) is 1.52. The van der Waals surface area contributed by atoms with Gasteiger partial charge in [0.15, 0.2) is 5.11 Å². The summed E-state index contributed by atoms with van der Waals surface area (Å²) in [6.45, 7) is 0.0990. The van der Waals surface area contributed by atoms with Gasteiger partial charge in [-0.05, 0) is 49.0 Å². The normalized spacial score (nSPS) is 28.4. The fourth-order valence-corrected chi connectivity index (χ4v) is 4.46. The zero-order chi connectivity index (χ0) is 20.5. The summed E-state index contributed by atoms with van der Waals surface area (Å²) in [5, 5.41) is 31.1. The van der Waals surface area contributed by atoms with Crippen LogP contribution in [-0.4, -0.2) is 61.8 Å². The SMILES string of the molecule is C#CCNC(=O)[C@@H]1C[C@@H](O)[C@H](O)[C@@H]2NC(=S)N(c3ccc(-n4cccn4)cc3)[C@@H]21. The Morgan fingerprint density at radius 1 is 1.34 bits per heavy atom. The maximum absolute atomic E-state index is 12.7. The highest BCUT2D eigenvalue weighted by Crippen LogP contribution is 2.36. The third kappa shape index (κ3) is 3.46. The predicted octanol–water partition coefficient (Wildman–Crippen LogP) is -0.205. The number of hydrogen-bond donors (Lipinski definition) is 4. The molecule has 2 aliphatic rings. The highest BCUT2D eigenvalue weighted by molar-refractivity contribution is 7.80. The number of nitrogens with zero attached hydrogens (tertiary/aromatic N) is 3. The van der Waals surface area contributed by atoms with E-state index in [1.807, 2.05) is 41.4 Å². The fraction of sp³-hybridized carbons (Fsp3) is 0.350. The number of terminal acetylenes is 1. The van der Waals surface area contributed by atoms with E-state index in [0.717, 1.165) is 11.4 Å². The van der Waals surface area contributed by atoms with E-state index in [-0.39, 0.29) is 18.9 Å². The summed E-state index contributed by atoms with van der Waals surface area (Å²) in [5.41, 5.74) is 1.67. The first-order chi connectivity index (χ1) is 14.0. The Kier molecular flexibility index (Phi) is 5.24. The predicted molar refractivity (Wildman–Crippen MR) is 111 cm³/mol. The molecule has 1 aromatic carbocycles. The number of carbonyl (C=O) groups excluding carboxylic acids is 1. The fourth-order valence-electron chi connectivity index (χ4n) is 4.10. The van der Waals surface area contributed by atoms with Crippen molar-refractivity contribution >= 4 is 28.9 Å². The minimum atomic E-state index is -1.04. The van der Waals surface area contributed by atoms with Crippen molar-refractivity contribution in [2.75, 3.05) is 11.4 Å². The van der Waals surface area contributed by atoms with E-state index in [1.54, 1.807) is 10.9 Å². The molecule has 29 heavy (non-hydrogen) atoms. The van der Waals surface area contributed by atoms with Gasteiger partial charge in [0, 0.05) is 18.1 Å². The first-order valence-corrected chi connectivity index (χ1v) is 9.69. The number of carbonyl (C=O) groups is 1. The van der Waals surface area contributed by atoms with Crippen LogP contribution in [0.1, 0.15) is 6.42 Å². The summed E-state index contributed by atoms with van der Waals surface area (Å²) < 4.78 is 1.74. The molecule has 5 atom stereocenters. The molecular formula is C20H21N5O3S. The van der Waals surface area contributed by atoms with Crippen molar-refractivity contribution in [2.24, 2.45) is 5.92 Å². The quantitative estimate of drug-likeness (QED) is 0.408. The molecule has 4 rings (SSSR count). The van der Waals surface area contributed by atoms with Crippen molar-refractivity contribution < 1.29 is 15.0 Å². The van der Waals surface area contributed by atoms with Gasteiger partial charge in [-0.15, -0.1) is 6.42 Å². The van der Waals surface area contributed by atoms with Crippen molar-refractivity contribution in [1.82, 2.24) is 20.4 Å². The van der Waals surface area contributed by atoms with Gasteiger partial charge in [-0.3, -0.25) is 4.79 Å². The average molecular weight is 411 g/mol. The Morgan fingerprint density at radius 3 is 2.72 bits per heavy atom. The number of aliphatic hydroxyl groups excluding tert-OH is 2. The molecule has 1 saturated heterocycles. The number of anilines is 1. The largest absolute Gasteiger partial charge is 0.390 e. The van der Waals surface area contributed by atoms with Crippen LogP contribution in [0.3, 0.4) is 0 Å². The molecule has 1 saturated carbocycles. The van der Waals surface area contributed by atoms with Gasteiger partial charge < -0.3 is 25.7 Å². The van der Waals surface area contributed by atoms with E-state index in [1.165, 1.54) is 0 Å². The Balaban J connectivity index is 1.66. The van der Waals surface area contributed by atoms with E-state index < -0.39 is 30.2 Å². The number of hydrogen-bond acceptors (Lipinski definition) is 5. The van der Waals surface area contributed by atoms with Gasteiger partial charge in [-0.2, -0.15) is 5.10 Å². The number of benzene rings is 1. The summed E-state index contributed by atoms with van der Waals surface area (Å²) in [7, 11) is 0. The van der Waals surface area contributed by atoms with Crippen LogP contribution < -0.4 is 15.5 Å². The molecule has 1 amide bonds.